The molecule has 1 fully saturated rings. The molecule has 8 heteroatoms. The summed E-state index contributed by atoms with van der Waals surface area (Å²) in [5.74, 6) is 0.735. The van der Waals surface area contributed by atoms with Crippen LogP contribution < -0.4 is 10.6 Å². The third-order valence-corrected chi connectivity index (χ3v) is 5.75. The number of carbonyl (C=O) groups is 1. The molecule has 1 spiro atoms. The molecule has 2 aromatic rings. The van der Waals surface area contributed by atoms with Crippen molar-refractivity contribution in [2.75, 3.05) is 23.7 Å². The predicted molar refractivity (Wildman–Crippen MR) is 122 cm³/mol. The highest BCUT2D eigenvalue weighted by Crippen LogP contribution is 2.37. The van der Waals surface area contributed by atoms with Crippen LogP contribution in [0.5, 0.6) is 0 Å². The molecule has 1 aromatic heterocycles. The van der Waals surface area contributed by atoms with Gasteiger partial charge in [-0.05, 0) is 52.7 Å². The Morgan fingerprint density at radius 1 is 1.30 bits per heavy atom. The van der Waals surface area contributed by atoms with Crippen molar-refractivity contribution in [1.82, 2.24) is 14.7 Å². The van der Waals surface area contributed by atoms with E-state index in [1.54, 1.807) is 10.9 Å². The number of nitrogens with zero attached hydrogens (tertiary/aromatic N) is 4. The fraction of sp³-hybridized carbons (Fsp3) is 0.500. The molecular formula is C22H29ClN6O. The topological polar surface area (TPSA) is 74.6 Å². The largest absolute Gasteiger partial charge is 0.370 e. The number of anilines is 2. The van der Waals surface area contributed by atoms with Crippen molar-refractivity contribution in [2.24, 2.45) is 4.99 Å². The summed E-state index contributed by atoms with van der Waals surface area (Å²) in [7, 11) is 0. The minimum atomic E-state index is -0.477. The van der Waals surface area contributed by atoms with Gasteiger partial charge < -0.3 is 15.5 Å². The Labute approximate surface area is 182 Å². The van der Waals surface area contributed by atoms with Crippen LogP contribution in [0.2, 0.25) is 5.02 Å². The van der Waals surface area contributed by atoms with E-state index in [-0.39, 0.29) is 11.4 Å². The maximum Gasteiger partial charge on any atom is 0.276 e. The number of aryl methyl sites for hydroxylation is 1. The van der Waals surface area contributed by atoms with Gasteiger partial charge in [-0.2, -0.15) is 5.10 Å². The lowest BCUT2D eigenvalue weighted by Crippen LogP contribution is -2.63. The van der Waals surface area contributed by atoms with Gasteiger partial charge in [0.25, 0.3) is 5.91 Å². The number of carbonyl (C=O) groups excluding carboxylic acids is 1. The van der Waals surface area contributed by atoms with Crippen LogP contribution in [0.4, 0.5) is 11.4 Å². The number of nitrogens with one attached hydrogen (secondary N) is 2. The normalized spacial score (nSPS) is 22.6. The van der Waals surface area contributed by atoms with Crippen LogP contribution in [-0.2, 0) is 6.54 Å². The Morgan fingerprint density at radius 3 is 2.70 bits per heavy atom. The summed E-state index contributed by atoms with van der Waals surface area (Å²) in [4.78, 5) is 20.1. The molecule has 1 aromatic carbocycles. The van der Waals surface area contributed by atoms with Crippen LogP contribution in [0.1, 0.15) is 51.0 Å². The summed E-state index contributed by atoms with van der Waals surface area (Å²) in [5.41, 5.74) is 1.61. The number of benzene rings is 1. The Bertz CT molecular complexity index is 992. The number of hydrogen-bond acceptors (Lipinski definition) is 4. The maximum atomic E-state index is 13.3. The molecule has 1 saturated heterocycles. The summed E-state index contributed by atoms with van der Waals surface area (Å²) in [6.45, 7) is 10.1. The van der Waals surface area contributed by atoms with Crippen LogP contribution in [0, 0.1) is 0 Å². The van der Waals surface area contributed by atoms with E-state index in [0.29, 0.717) is 30.4 Å². The summed E-state index contributed by atoms with van der Waals surface area (Å²) >= 11 is 6.32. The first-order valence-electron chi connectivity index (χ1n) is 10.5. The van der Waals surface area contributed by atoms with Crippen LogP contribution in [0.25, 0.3) is 0 Å². The van der Waals surface area contributed by atoms with Gasteiger partial charge >= 0.3 is 0 Å². The number of amidine groups is 1. The zero-order valence-electron chi connectivity index (χ0n) is 18.0. The molecule has 1 amide bonds. The Hall–Kier alpha value is -2.54. The monoisotopic (exact) mass is 428 g/mol. The second-order valence-corrected chi connectivity index (χ2v) is 9.43. The highest BCUT2D eigenvalue weighted by Gasteiger charge is 2.45. The molecule has 4 rings (SSSR count). The molecule has 0 bridgehead atoms. The third-order valence-electron chi connectivity index (χ3n) is 5.48. The van der Waals surface area contributed by atoms with Gasteiger partial charge in [-0.25, -0.2) is 0 Å². The molecule has 0 saturated carbocycles. The molecule has 0 aliphatic carbocycles. The molecule has 2 aliphatic heterocycles. The van der Waals surface area contributed by atoms with Gasteiger partial charge in [0.15, 0.2) is 5.69 Å². The van der Waals surface area contributed by atoms with Crippen molar-refractivity contribution in [3.8, 4) is 0 Å². The second-order valence-electron chi connectivity index (χ2n) is 9.02. The first-order chi connectivity index (χ1) is 14.2. The average Bonchev–Trinajstić information content (AvgIpc) is 3.08. The van der Waals surface area contributed by atoms with Crippen LogP contribution in [0.15, 0.2) is 35.5 Å². The van der Waals surface area contributed by atoms with E-state index < -0.39 is 5.54 Å². The predicted octanol–water partition coefficient (Wildman–Crippen LogP) is 4.27. The number of aliphatic imine (C=N–C) groups is 1. The minimum Gasteiger partial charge on any atom is -0.370 e. The molecule has 160 valence electrons. The second kappa shape index (κ2) is 7.61. The van der Waals surface area contributed by atoms with E-state index in [1.807, 2.05) is 30.0 Å². The number of fused-ring (bicyclic) bond motifs is 1. The molecule has 0 unspecified atom stereocenters. The van der Waals surface area contributed by atoms with Crippen LogP contribution in [0.3, 0.4) is 0 Å². The fourth-order valence-electron chi connectivity index (χ4n) is 4.11. The zero-order valence-corrected chi connectivity index (χ0v) is 18.8. The quantitative estimate of drug-likeness (QED) is 0.749. The summed E-state index contributed by atoms with van der Waals surface area (Å²) in [5, 5.41) is 12.0. The smallest absolute Gasteiger partial charge is 0.276 e. The molecular weight excluding hydrogens is 400 g/mol. The number of piperidine rings is 1. The molecule has 30 heavy (non-hydrogen) atoms. The number of aromatic nitrogens is 2. The Kier molecular flexibility index (Phi) is 5.26. The number of para-hydroxylation sites is 2. The zero-order chi connectivity index (χ0) is 21.5. The van der Waals surface area contributed by atoms with E-state index in [2.05, 4.69) is 42.6 Å². The Balaban J connectivity index is 1.69. The van der Waals surface area contributed by atoms with Gasteiger partial charge in [0.05, 0.1) is 28.5 Å². The molecule has 2 aliphatic rings. The third kappa shape index (κ3) is 3.90. The van der Waals surface area contributed by atoms with Gasteiger partial charge in [-0.1, -0.05) is 23.7 Å². The van der Waals surface area contributed by atoms with E-state index in [0.717, 1.165) is 30.1 Å². The molecule has 3 heterocycles. The number of likely N-dealkylation sites (tertiary alicyclic amines) is 1. The van der Waals surface area contributed by atoms with Crippen molar-refractivity contribution in [3.63, 3.8) is 0 Å². The highest BCUT2D eigenvalue weighted by molar-refractivity contribution is 6.33. The van der Waals surface area contributed by atoms with E-state index in [4.69, 9.17) is 16.6 Å². The number of hydrogen-bond donors (Lipinski definition) is 2. The fourth-order valence-corrected chi connectivity index (χ4v) is 4.34. The lowest BCUT2D eigenvalue weighted by atomic mass is 9.84. The first-order valence-corrected chi connectivity index (χ1v) is 10.9. The van der Waals surface area contributed by atoms with E-state index in [1.165, 1.54) is 0 Å². The van der Waals surface area contributed by atoms with Gasteiger partial charge in [-0.3, -0.25) is 14.5 Å². The van der Waals surface area contributed by atoms with Gasteiger partial charge in [0.1, 0.15) is 11.4 Å². The van der Waals surface area contributed by atoms with Crippen molar-refractivity contribution >= 4 is 34.7 Å². The van der Waals surface area contributed by atoms with Gasteiger partial charge in [-0.15, -0.1) is 0 Å². The summed E-state index contributed by atoms with van der Waals surface area (Å²) in [6.07, 6.45) is 3.44. The first kappa shape index (κ1) is 20.7. The van der Waals surface area contributed by atoms with Crippen LogP contribution in [-0.4, -0.2) is 50.6 Å². The Morgan fingerprint density at radius 2 is 2.03 bits per heavy atom. The summed E-state index contributed by atoms with van der Waals surface area (Å²) in [6, 6.07) is 8.10. The number of amides is 1. The SMILES string of the molecule is CCn1cc(Cl)c(C(=O)N2CCC[C@]3(C2)Nc2ccccc2NC3=NC(C)(C)C)n1. The average molecular weight is 429 g/mol. The van der Waals surface area contributed by atoms with E-state index in [9.17, 15) is 4.79 Å². The van der Waals surface area contributed by atoms with Crippen LogP contribution >= 0.6 is 11.6 Å². The van der Waals surface area contributed by atoms with E-state index >= 15 is 0 Å². The maximum absolute atomic E-state index is 13.3. The molecule has 7 nitrogen and oxygen atoms in total. The minimum absolute atomic E-state index is 0.137. The van der Waals surface area contributed by atoms with Gasteiger partial charge in [0, 0.05) is 19.3 Å². The summed E-state index contributed by atoms with van der Waals surface area (Å²) < 4.78 is 1.69. The van der Waals surface area contributed by atoms with Crippen molar-refractivity contribution in [2.45, 2.75) is 58.2 Å². The molecule has 0 radical (unpaired) electrons. The standard InChI is InChI=1S/C22H29ClN6O/c1-5-29-13-15(23)18(27-29)19(30)28-12-8-11-22(14-28)20(26-21(2,3)4)24-16-9-6-7-10-17(16)25-22/h6-7,9-10,13,25H,5,8,11-12,14H2,1-4H3,(H,24,26)/t22-/m1/s1. The highest BCUT2D eigenvalue weighted by atomic mass is 35.5. The number of halogens is 1. The van der Waals surface area contributed by atoms with Crippen molar-refractivity contribution in [3.05, 3.63) is 41.2 Å². The van der Waals surface area contributed by atoms with Crippen molar-refractivity contribution in [1.29, 1.82) is 0 Å². The van der Waals surface area contributed by atoms with Gasteiger partial charge in [0.2, 0.25) is 0 Å². The molecule has 1 atom stereocenters. The molecule has 2 N–H and O–H groups in total. The van der Waals surface area contributed by atoms with Crippen molar-refractivity contribution < 1.29 is 4.79 Å². The lowest BCUT2D eigenvalue weighted by Gasteiger charge is -2.47. The number of rotatable bonds is 2. The lowest BCUT2D eigenvalue weighted by molar-refractivity contribution is 0.0687.